The van der Waals surface area contributed by atoms with E-state index in [0.717, 1.165) is 47.7 Å². The molecule has 2 N–H and O–H groups in total. The van der Waals surface area contributed by atoms with Crippen molar-refractivity contribution < 1.29 is 4.74 Å². The van der Waals surface area contributed by atoms with E-state index in [2.05, 4.69) is 27.4 Å². The van der Waals surface area contributed by atoms with Gasteiger partial charge in [-0.2, -0.15) is 0 Å². The number of para-hydroxylation sites is 2. The van der Waals surface area contributed by atoms with Gasteiger partial charge in [0.25, 0.3) is 0 Å². The summed E-state index contributed by atoms with van der Waals surface area (Å²) in [5.74, 6) is 1.82. The number of aromatic amines is 1. The Morgan fingerprint density at radius 3 is 2.71 bits per heavy atom. The minimum absolute atomic E-state index is 0.619. The molecule has 0 spiro atoms. The Bertz CT molecular complexity index is 755. The number of benzene rings is 2. The first-order chi connectivity index (χ1) is 11.9. The third-order valence-electron chi connectivity index (χ3n) is 4.66. The lowest BCUT2D eigenvalue weighted by Gasteiger charge is -2.23. The third-order valence-corrected chi connectivity index (χ3v) is 4.66. The highest BCUT2D eigenvalue weighted by molar-refractivity contribution is 5.79. The molecule has 24 heavy (non-hydrogen) atoms. The molecule has 1 aliphatic heterocycles. The Kier molecular flexibility index (Phi) is 4.47. The van der Waals surface area contributed by atoms with Crippen LogP contribution in [0, 0.1) is 0 Å². The SMILES string of the molecule is c1ccc2[nH]c(-c3ccc(OCCC4CCCCN4)cc3)nc2c1. The second kappa shape index (κ2) is 7.05. The number of H-pyrrole nitrogens is 1. The Morgan fingerprint density at radius 1 is 1.04 bits per heavy atom. The maximum Gasteiger partial charge on any atom is 0.138 e. The van der Waals surface area contributed by atoms with Crippen molar-refractivity contribution in [1.82, 2.24) is 15.3 Å². The molecule has 0 bridgehead atoms. The number of piperidine rings is 1. The molecule has 1 atom stereocenters. The standard InChI is InChI=1S/C20H23N3O/c1-2-7-19-18(6-1)22-20(23-19)15-8-10-17(11-9-15)24-14-12-16-5-3-4-13-21-16/h1-2,6-11,16,21H,3-5,12-14H2,(H,22,23). The summed E-state index contributed by atoms with van der Waals surface area (Å²) in [7, 11) is 0. The summed E-state index contributed by atoms with van der Waals surface area (Å²) >= 11 is 0. The van der Waals surface area contributed by atoms with Gasteiger partial charge in [0, 0.05) is 11.6 Å². The molecule has 0 radical (unpaired) electrons. The molecule has 0 saturated carbocycles. The van der Waals surface area contributed by atoms with E-state index in [1.165, 1.54) is 19.3 Å². The molecule has 0 aliphatic carbocycles. The molecule has 2 aromatic carbocycles. The van der Waals surface area contributed by atoms with Crippen LogP contribution in [-0.4, -0.2) is 29.2 Å². The van der Waals surface area contributed by atoms with Crippen LogP contribution in [0.4, 0.5) is 0 Å². The molecule has 0 amide bonds. The molecule has 4 nitrogen and oxygen atoms in total. The maximum absolute atomic E-state index is 5.89. The van der Waals surface area contributed by atoms with Crippen molar-refractivity contribution in [3.05, 3.63) is 48.5 Å². The number of nitrogens with zero attached hydrogens (tertiary/aromatic N) is 1. The fourth-order valence-electron chi connectivity index (χ4n) is 3.29. The summed E-state index contributed by atoms with van der Waals surface area (Å²) in [6.07, 6.45) is 4.99. The van der Waals surface area contributed by atoms with Gasteiger partial charge < -0.3 is 15.0 Å². The van der Waals surface area contributed by atoms with Gasteiger partial charge in [-0.3, -0.25) is 0 Å². The molecule has 1 saturated heterocycles. The molecule has 124 valence electrons. The van der Waals surface area contributed by atoms with Gasteiger partial charge in [0.2, 0.25) is 0 Å². The molecule has 2 heterocycles. The van der Waals surface area contributed by atoms with Crippen molar-refractivity contribution in [2.75, 3.05) is 13.2 Å². The van der Waals surface area contributed by atoms with Gasteiger partial charge in [-0.05, 0) is 62.2 Å². The lowest BCUT2D eigenvalue weighted by molar-refractivity contribution is 0.268. The number of nitrogens with one attached hydrogen (secondary N) is 2. The third kappa shape index (κ3) is 3.44. The quantitative estimate of drug-likeness (QED) is 0.742. The van der Waals surface area contributed by atoms with E-state index in [-0.39, 0.29) is 0 Å². The minimum atomic E-state index is 0.619. The summed E-state index contributed by atoms with van der Waals surface area (Å²) in [6, 6.07) is 16.9. The normalized spacial score (nSPS) is 17.9. The predicted octanol–water partition coefficient (Wildman–Crippen LogP) is 4.14. The number of hydrogen-bond acceptors (Lipinski definition) is 3. The lowest BCUT2D eigenvalue weighted by Crippen LogP contribution is -2.35. The van der Waals surface area contributed by atoms with Gasteiger partial charge in [0.15, 0.2) is 0 Å². The Balaban J connectivity index is 1.37. The monoisotopic (exact) mass is 321 g/mol. The average molecular weight is 321 g/mol. The molecule has 1 aliphatic rings. The van der Waals surface area contributed by atoms with Crippen LogP contribution < -0.4 is 10.1 Å². The Hall–Kier alpha value is -2.33. The van der Waals surface area contributed by atoms with Crippen LogP contribution in [0.25, 0.3) is 22.4 Å². The van der Waals surface area contributed by atoms with Gasteiger partial charge in [-0.25, -0.2) is 4.98 Å². The number of ether oxygens (including phenoxy) is 1. The molecular formula is C20H23N3O. The number of fused-ring (bicyclic) bond motifs is 1. The first-order valence-corrected chi connectivity index (χ1v) is 8.80. The fourth-order valence-corrected chi connectivity index (χ4v) is 3.29. The van der Waals surface area contributed by atoms with E-state index in [9.17, 15) is 0 Å². The fraction of sp³-hybridized carbons (Fsp3) is 0.350. The van der Waals surface area contributed by atoms with Crippen molar-refractivity contribution in [2.24, 2.45) is 0 Å². The average Bonchev–Trinajstić information content (AvgIpc) is 3.07. The molecule has 1 unspecified atom stereocenters. The van der Waals surface area contributed by atoms with Crippen LogP contribution in [0.3, 0.4) is 0 Å². The van der Waals surface area contributed by atoms with Crippen LogP contribution in [0.2, 0.25) is 0 Å². The van der Waals surface area contributed by atoms with Gasteiger partial charge in [0.05, 0.1) is 17.6 Å². The van der Waals surface area contributed by atoms with Crippen LogP contribution in [0.1, 0.15) is 25.7 Å². The summed E-state index contributed by atoms with van der Waals surface area (Å²) < 4.78 is 5.89. The van der Waals surface area contributed by atoms with Gasteiger partial charge in [-0.1, -0.05) is 18.6 Å². The highest BCUT2D eigenvalue weighted by atomic mass is 16.5. The van der Waals surface area contributed by atoms with E-state index in [0.29, 0.717) is 6.04 Å². The summed E-state index contributed by atoms with van der Waals surface area (Å²) in [6.45, 7) is 1.92. The van der Waals surface area contributed by atoms with Crippen LogP contribution >= 0.6 is 0 Å². The van der Waals surface area contributed by atoms with Gasteiger partial charge in [-0.15, -0.1) is 0 Å². The van der Waals surface area contributed by atoms with Crippen molar-refractivity contribution in [3.63, 3.8) is 0 Å². The second-order valence-corrected chi connectivity index (χ2v) is 6.41. The van der Waals surface area contributed by atoms with E-state index in [1.54, 1.807) is 0 Å². The largest absolute Gasteiger partial charge is 0.494 e. The number of hydrogen-bond donors (Lipinski definition) is 2. The summed E-state index contributed by atoms with van der Waals surface area (Å²) in [5.41, 5.74) is 3.13. The van der Waals surface area contributed by atoms with Crippen LogP contribution in [0.5, 0.6) is 5.75 Å². The van der Waals surface area contributed by atoms with Crippen LogP contribution in [-0.2, 0) is 0 Å². The van der Waals surface area contributed by atoms with Crippen molar-refractivity contribution in [3.8, 4) is 17.1 Å². The Morgan fingerprint density at radius 2 is 1.92 bits per heavy atom. The van der Waals surface area contributed by atoms with E-state index in [4.69, 9.17) is 4.74 Å². The second-order valence-electron chi connectivity index (χ2n) is 6.41. The predicted molar refractivity (Wildman–Crippen MR) is 97.3 cm³/mol. The maximum atomic E-state index is 5.89. The topological polar surface area (TPSA) is 49.9 Å². The molecule has 4 rings (SSSR count). The van der Waals surface area contributed by atoms with E-state index >= 15 is 0 Å². The van der Waals surface area contributed by atoms with Gasteiger partial charge >= 0.3 is 0 Å². The zero-order valence-corrected chi connectivity index (χ0v) is 13.8. The van der Waals surface area contributed by atoms with Gasteiger partial charge in [0.1, 0.15) is 11.6 Å². The molecule has 4 heteroatoms. The van der Waals surface area contributed by atoms with Crippen molar-refractivity contribution in [2.45, 2.75) is 31.7 Å². The highest BCUT2D eigenvalue weighted by Gasteiger charge is 2.12. The summed E-state index contributed by atoms with van der Waals surface area (Å²) in [4.78, 5) is 7.99. The lowest BCUT2D eigenvalue weighted by atomic mass is 10.0. The van der Waals surface area contributed by atoms with E-state index < -0.39 is 0 Å². The molecule has 3 aromatic rings. The molecular weight excluding hydrogens is 298 g/mol. The minimum Gasteiger partial charge on any atom is -0.494 e. The zero-order valence-electron chi connectivity index (χ0n) is 13.8. The first kappa shape index (κ1) is 15.2. The zero-order chi connectivity index (χ0) is 16.2. The number of imidazole rings is 1. The van der Waals surface area contributed by atoms with Crippen molar-refractivity contribution in [1.29, 1.82) is 0 Å². The molecule has 1 aromatic heterocycles. The van der Waals surface area contributed by atoms with Crippen molar-refractivity contribution >= 4 is 11.0 Å². The smallest absolute Gasteiger partial charge is 0.138 e. The number of aromatic nitrogens is 2. The van der Waals surface area contributed by atoms with Crippen LogP contribution in [0.15, 0.2) is 48.5 Å². The summed E-state index contributed by atoms with van der Waals surface area (Å²) in [5, 5.41) is 3.56. The highest BCUT2D eigenvalue weighted by Crippen LogP contribution is 2.23. The molecule has 1 fully saturated rings. The Labute approximate surface area is 142 Å². The first-order valence-electron chi connectivity index (χ1n) is 8.80. The number of rotatable bonds is 5. The van der Waals surface area contributed by atoms with E-state index in [1.807, 2.05) is 36.4 Å².